The Morgan fingerprint density at radius 2 is 1.84 bits per heavy atom. The van der Waals surface area contributed by atoms with Gasteiger partial charge in [0.25, 0.3) is 5.91 Å². The molecule has 2 amide bonds. The third-order valence-electron chi connectivity index (χ3n) is 5.76. The van der Waals surface area contributed by atoms with Crippen molar-refractivity contribution < 1.29 is 9.59 Å². The molecule has 1 N–H and O–H groups in total. The van der Waals surface area contributed by atoms with Crippen LogP contribution in [0.1, 0.15) is 74.2 Å². The lowest BCUT2D eigenvalue weighted by Crippen LogP contribution is -2.42. The number of hydrogen-bond acceptors (Lipinski definition) is 2. The monoisotopic (exact) mass is 342 g/mol. The molecule has 1 heterocycles. The number of amides is 2. The number of carbonyl (C=O) groups excluding carboxylic acids is 2. The summed E-state index contributed by atoms with van der Waals surface area (Å²) in [4.78, 5) is 27.0. The van der Waals surface area contributed by atoms with Gasteiger partial charge in [0.1, 0.15) is 0 Å². The number of likely N-dealkylation sites (tertiary alicyclic amines) is 1. The van der Waals surface area contributed by atoms with Crippen molar-refractivity contribution in [3.8, 4) is 0 Å². The zero-order valence-corrected chi connectivity index (χ0v) is 15.5. The van der Waals surface area contributed by atoms with Crippen molar-refractivity contribution in [2.75, 3.05) is 11.9 Å². The van der Waals surface area contributed by atoms with E-state index in [9.17, 15) is 9.59 Å². The Kier molecular flexibility index (Phi) is 5.77. The van der Waals surface area contributed by atoms with Crippen molar-refractivity contribution in [3.63, 3.8) is 0 Å². The zero-order chi connectivity index (χ0) is 17.8. The number of aryl methyl sites for hydroxylation is 1. The molecule has 1 aromatic rings. The molecule has 1 aliphatic heterocycles. The molecule has 0 radical (unpaired) electrons. The van der Waals surface area contributed by atoms with Gasteiger partial charge in [-0.05, 0) is 75.6 Å². The Labute approximate surface area is 151 Å². The third kappa shape index (κ3) is 4.42. The summed E-state index contributed by atoms with van der Waals surface area (Å²) in [7, 11) is 0. The summed E-state index contributed by atoms with van der Waals surface area (Å²) in [5.74, 6) is 0.750. The normalized spacial score (nSPS) is 21.4. The van der Waals surface area contributed by atoms with Crippen LogP contribution < -0.4 is 5.32 Å². The smallest absolute Gasteiger partial charge is 0.254 e. The van der Waals surface area contributed by atoms with E-state index in [0.717, 1.165) is 36.2 Å². The maximum absolute atomic E-state index is 12.8. The maximum Gasteiger partial charge on any atom is 0.254 e. The van der Waals surface area contributed by atoms with Crippen molar-refractivity contribution >= 4 is 17.5 Å². The molecule has 4 nitrogen and oxygen atoms in total. The number of piperidine rings is 1. The number of rotatable bonds is 4. The SMILES string of the molecule is Cc1cc(C(=O)N2CCCCC2C)ccc1NC(=O)CC1CCCC1. The molecule has 1 saturated carbocycles. The standard InChI is InChI=1S/C21H30N2O2/c1-15-13-18(21(25)23-12-6-5-7-16(23)2)10-11-19(15)22-20(24)14-17-8-3-4-9-17/h10-11,13,16-17H,3-9,12,14H2,1-2H3,(H,22,24). The number of anilines is 1. The highest BCUT2D eigenvalue weighted by molar-refractivity contribution is 5.96. The lowest BCUT2D eigenvalue weighted by molar-refractivity contribution is -0.117. The predicted molar refractivity (Wildman–Crippen MR) is 101 cm³/mol. The topological polar surface area (TPSA) is 49.4 Å². The van der Waals surface area contributed by atoms with Gasteiger partial charge in [0, 0.05) is 30.3 Å². The fourth-order valence-corrected chi connectivity index (χ4v) is 4.18. The Balaban J connectivity index is 1.63. The van der Waals surface area contributed by atoms with Gasteiger partial charge in [-0.15, -0.1) is 0 Å². The van der Waals surface area contributed by atoms with Gasteiger partial charge >= 0.3 is 0 Å². The summed E-state index contributed by atoms with van der Waals surface area (Å²) in [5, 5.41) is 3.03. The molecule has 1 atom stereocenters. The minimum atomic E-state index is 0.0960. The van der Waals surface area contributed by atoms with Gasteiger partial charge < -0.3 is 10.2 Å². The van der Waals surface area contributed by atoms with Crippen molar-refractivity contribution in [3.05, 3.63) is 29.3 Å². The molecule has 0 aromatic heterocycles. The third-order valence-corrected chi connectivity index (χ3v) is 5.76. The van der Waals surface area contributed by atoms with Crippen LogP contribution in [0.2, 0.25) is 0 Å². The summed E-state index contributed by atoms with van der Waals surface area (Å²) in [5.41, 5.74) is 2.50. The van der Waals surface area contributed by atoms with E-state index in [1.54, 1.807) is 0 Å². The number of nitrogens with zero attached hydrogens (tertiary/aromatic N) is 1. The van der Waals surface area contributed by atoms with Crippen LogP contribution in [0.3, 0.4) is 0 Å². The van der Waals surface area contributed by atoms with Crippen LogP contribution >= 0.6 is 0 Å². The number of carbonyl (C=O) groups is 2. The summed E-state index contributed by atoms with van der Waals surface area (Å²) >= 11 is 0. The van der Waals surface area contributed by atoms with E-state index in [4.69, 9.17) is 0 Å². The maximum atomic E-state index is 12.8. The van der Waals surface area contributed by atoms with Crippen LogP contribution in [0.15, 0.2) is 18.2 Å². The molecular weight excluding hydrogens is 312 g/mol. The van der Waals surface area contributed by atoms with Crippen LogP contribution in [-0.2, 0) is 4.79 Å². The minimum Gasteiger partial charge on any atom is -0.336 e. The largest absolute Gasteiger partial charge is 0.336 e. The average Bonchev–Trinajstić information content (AvgIpc) is 3.09. The van der Waals surface area contributed by atoms with E-state index in [2.05, 4.69) is 12.2 Å². The van der Waals surface area contributed by atoms with Crippen LogP contribution in [0.25, 0.3) is 0 Å². The molecule has 1 aromatic carbocycles. The Hall–Kier alpha value is -1.84. The molecule has 2 aliphatic rings. The van der Waals surface area contributed by atoms with Crippen molar-refractivity contribution in [1.29, 1.82) is 0 Å². The highest BCUT2D eigenvalue weighted by atomic mass is 16.2. The Bertz CT molecular complexity index is 635. The molecule has 4 heteroatoms. The lowest BCUT2D eigenvalue weighted by Gasteiger charge is -2.33. The molecule has 3 rings (SSSR count). The van der Waals surface area contributed by atoms with Gasteiger partial charge in [0.2, 0.25) is 5.91 Å². The highest BCUT2D eigenvalue weighted by Gasteiger charge is 2.24. The van der Waals surface area contributed by atoms with Crippen LogP contribution in [-0.4, -0.2) is 29.3 Å². The average molecular weight is 342 g/mol. The fraction of sp³-hybridized carbons (Fsp3) is 0.619. The second-order valence-electron chi connectivity index (χ2n) is 7.78. The molecular formula is C21H30N2O2. The Morgan fingerprint density at radius 1 is 1.12 bits per heavy atom. The summed E-state index contributed by atoms with van der Waals surface area (Å²) in [6, 6.07) is 5.95. The van der Waals surface area contributed by atoms with Crippen LogP contribution in [0.5, 0.6) is 0 Å². The number of benzene rings is 1. The Morgan fingerprint density at radius 3 is 2.52 bits per heavy atom. The van der Waals surface area contributed by atoms with Crippen molar-refractivity contribution in [2.45, 2.75) is 71.3 Å². The van der Waals surface area contributed by atoms with Crippen LogP contribution in [0.4, 0.5) is 5.69 Å². The first-order valence-electron chi connectivity index (χ1n) is 9.76. The van der Waals surface area contributed by atoms with E-state index < -0.39 is 0 Å². The molecule has 136 valence electrons. The van der Waals surface area contributed by atoms with Crippen molar-refractivity contribution in [2.24, 2.45) is 5.92 Å². The molecule has 1 saturated heterocycles. The second kappa shape index (κ2) is 8.03. The molecule has 25 heavy (non-hydrogen) atoms. The van der Waals surface area contributed by atoms with Gasteiger partial charge in [-0.2, -0.15) is 0 Å². The first kappa shape index (κ1) is 18.0. The van der Waals surface area contributed by atoms with E-state index in [0.29, 0.717) is 18.4 Å². The lowest BCUT2D eigenvalue weighted by atomic mass is 10.0. The second-order valence-corrected chi connectivity index (χ2v) is 7.78. The fourth-order valence-electron chi connectivity index (χ4n) is 4.18. The highest BCUT2D eigenvalue weighted by Crippen LogP contribution is 2.28. The quantitative estimate of drug-likeness (QED) is 0.874. The molecule has 2 fully saturated rings. The predicted octanol–water partition coefficient (Wildman–Crippen LogP) is 4.53. The first-order valence-corrected chi connectivity index (χ1v) is 9.76. The van der Waals surface area contributed by atoms with Crippen LogP contribution in [0, 0.1) is 12.8 Å². The van der Waals surface area contributed by atoms with Gasteiger partial charge in [-0.1, -0.05) is 12.8 Å². The van der Waals surface area contributed by atoms with Gasteiger partial charge in [0.15, 0.2) is 0 Å². The number of nitrogens with one attached hydrogen (secondary N) is 1. The van der Waals surface area contributed by atoms with E-state index in [-0.39, 0.29) is 11.8 Å². The first-order chi connectivity index (χ1) is 12.0. The van der Waals surface area contributed by atoms with Gasteiger partial charge in [0.05, 0.1) is 0 Å². The van der Waals surface area contributed by atoms with E-state index in [1.165, 1.54) is 32.1 Å². The van der Waals surface area contributed by atoms with Gasteiger partial charge in [-0.25, -0.2) is 0 Å². The minimum absolute atomic E-state index is 0.0960. The molecule has 1 unspecified atom stereocenters. The molecule has 0 bridgehead atoms. The van der Waals surface area contributed by atoms with Crippen molar-refractivity contribution in [1.82, 2.24) is 4.90 Å². The molecule has 0 spiro atoms. The number of hydrogen-bond donors (Lipinski definition) is 1. The summed E-state index contributed by atoms with van der Waals surface area (Å²) in [6.07, 6.45) is 8.85. The van der Waals surface area contributed by atoms with Gasteiger partial charge in [-0.3, -0.25) is 9.59 Å². The zero-order valence-electron chi connectivity index (χ0n) is 15.5. The summed E-state index contributed by atoms with van der Waals surface area (Å²) in [6.45, 7) is 4.93. The molecule has 1 aliphatic carbocycles. The van der Waals surface area contributed by atoms with E-state index in [1.807, 2.05) is 30.0 Å². The summed E-state index contributed by atoms with van der Waals surface area (Å²) < 4.78 is 0. The van der Waals surface area contributed by atoms with E-state index >= 15 is 0 Å².